The molecule has 2 N–H and O–H groups in total. The van der Waals surface area contributed by atoms with E-state index in [4.69, 9.17) is 0 Å². The summed E-state index contributed by atoms with van der Waals surface area (Å²) in [5, 5.41) is 7.32. The Kier molecular flexibility index (Phi) is 7.25. The molecule has 0 spiro atoms. The second kappa shape index (κ2) is 8.16. The third-order valence-corrected chi connectivity index (χ3v) is 4.19. The lowest BCUT2D eigenvalue weighted by atomic mass is 9.86. The fourth-order valence-electron chi connectivity index (χ4n) is 2.86. The van der Waals surface area contributed by atoms with Crippen LogP contribution >= 0.6 is 0 Å². The molecule has 2 nitrogen and oxygen atoms in total. The Labute approximate surface area is 114 Å². The summed E-state index contributed by atoms with van der Waals surface area (Å²) in [6.07, 6.45) is 9.45. The first kappa shape index (κ1) is 16.0. The van der Waals surface area contributed by atoms with Crippen LogP contribution in [-0.4, -0.2) is 25.2 Å². The van der Waals surface area contributed by atoms with E-state index in [1.165, 1.54) is 51.5 Å². The lowest BCUT2D eigenvalue weighted by molar-refractivity contribution is 0.282. The fraction of sp³-hybridized carbons (Fsp3) is 1.00. The van der Waals surface area contributed by atoms with Crippen molar-refractivity contribution in [2.45, 2.75) is 84.7 Å². The summed E-state index contributed by atoms with van der Waals surface area (Å²) >= 11 is 0. The van der Waals surface area contributed by atoms with Gasteiger partial charge in [-0.25, -0.2) is 0 Å². The highest BCUT2D eigenvalue weighted by atomic mass is 15.0. The zero-order valence-corrected chi connectivity index (χ0v) is 13.0. The molecule has 0 aliphatic carbocycles. The van der Waals surface area contributed by atoms with Gasteiger partial charge < -0.3 is 10.6 Å². The summed E-state index contributed by atoms with van der Waals surface area (Å²) in [6.45, 7) is 11.8. The maximum Gasteiger partial charge on any atom is 0.00822 e. The number of nitrogens with one attached hydrogen (secondary N) is 2. The summed E-state index contributed by atoms with van der Waals surface area (Å²) in [5.74, 6) is 0. The molecule has 2 atom stereocenters. The molecule has 18 heavy (non-hydrogen) atoms. The zero-order valence-electron chi connectivity index (χ0n) is 13.0. The Hall–Kier alpha value is -0.0800. The number of unbranched alkanes of at least 4 members (excludes halogenated alkanes) is 2. The summed E-state index contributed by atoms with van der Waals surface area (Å²) in [4.78, 5) is 0. The van der Waals surface area contributed by atoms with E-state index in [2.05, 4.69) is 38.3 Å². The topological polar surface area (TPSA) is 24.1 Å². The van der Waals surface area contributed by atoms with E-state index in [0.717, 1.165) is 12.6 Å². The van der Waals surface area contributed by atoms with Crippen molar-refractivity contribution in [2.24, 2.45) is 5.41 Å². The molecule has 2 unspecified atom stereocenters. The van der Waals surface area contributed by atoms with Gasteiger partial charge in [0.2, 0.25) is 0 Å². The van der Waals surface area contributed by atoms with Gasteiger partial charge in [-0.05, 0) is 44.6 Å². The van der Waals surface area contributed by atoms with Crippen LogP contribution < -0.4 is 10.6 Å². The lowest BCUT2D eigenvalue weighted by Crippen LogP contribution is -2.39. The quantitative estimate of drug-likeness (QED) is 0.613. The van der Waals surface area contributed by atoms with Crippen molar-refractivity contribution >= 4 is 0 Å². The SMILES string of the molecule is CCCCCC(C)(C)CNC(C)CC1CCCN1. The first-order valence-electron chi connectivity index (χ1n) is 8.00. The normalized spacial score (nSPS) is 22.3. The molecular weight excluding hydrogens is 220 g/mol. The molecule has 2 heteroatoms. The van der Waals surface area contributed by atoms with E-state index in [1.54, 1.807) is 0 Å². The Morgan fingerprint density at radius 1 is 1.33 bits per heavy atom. The van der Waals surface area contributed by atoms with Crippen LogP contribution in [-0.2, 0) is 0 Å². The average Bonchev–Trinajstić information content (AvgIpc) is 2.80. The Morgan fingerprint density at radius 3 is 2.72 bits per heavy atom. The molecule has 0 aromatic heterocycles. The summed E-state index contributed by atoms with van der Waals surface area (Å²) in [7, 11) is 0. The lowest BCUT2D eigenvalue weighted by Gasteiger charge is -2.28. The molecule has 0 bridgehead atoms. The van der Waals surface area contributed by atoms with Crippen LogP contribution in [0.25, 0.3) is 0 Å². The highest BCUT2D eigenvalue weighted by Gasteiger charge is 2.20. The van der Waals surface area contributed by atoms with Gasteiger partial charge in [-0.3, -0.25) is 0 Å². The van der Waals surface area contributed by atoms with Crippen LogP contribution in [0.2, 0.25) is 0 Å². The molecule has 1 rings (SSSR count). The van der Waals surface area contributed by atoms with Gasteiger partial charge in [0.25, 0.3) is 0 Å². The van der Waals surface area contributed by atoms with E-state index in [-0.39, 0.29) is 0 Å². The monoisotopic (exact) mass is 254 g/mol. The summed E-state index contributed by atoms with van der Waals surface area (Å²) in [5.41, 5.74) is 0.451. The summed E-state index contributed by atoms with van der Waals surface area (Å²) in [6, 6.07) is 1.40. The number of hydrogen-bond acceptors (Lipinski definition) is 2. The van der Waals surface area contributed by atoms with Crippen LogP contribution in [0.4, 0.5) is 0 Å². The first-order chi connectivity index (χ1) is 8.53. The Bertz CT molecular complexity index is 207. The molecule has 0 aromatic rings. The van der Waals surface area contributed by atoms with Crippen molar-refractivity contribution in [3.8, 4) is 0 Å². The maximum absolute atomic E-state index is 3.74. The van der Waals surface area contributed by atoms with Crippen LogP contribution in [0.5, 0.6) is 0 Å². The minimum atomic E-state index is 0.451. The van der Waals surface area contributed by atoms with E-state index in [1.807, 2.05) is 0 Å². The second-order valence-corrected chi connectivity index (χ2v) is 6.93. The molecule has 0 saturated carbocycles. The van der Waals surface area contributed by atoms with Gasteiger partial charge in [0.15, 0.2) is 0 Å². The van der Waals surface area contributed by atoms with Crippen molar-refractivity contribution in [3.05, 3.63) is 0 Å². The molecule has 0 radical (unpaired) electrons. The molecule has 1 saturated heterocycles. The van der Waals surface area contributed by atoms with Crippen LogP contribution in [0, 0.1) is 5.41 Å². The minimum Gasteiger partial charge on any atom is -0.314 e. The molecule has 1 aliphatic heterocycles. The average molecular weight is 254 g/mol. The summed E-state index contributed by atoms with van der Waals surface area (Å²) < 4.78 is 0. The molecule has 1 aliphatic rings. The molecule has 108 valence electrons. The molecule has 1 heterocycles. The zero-order chi connectivity index (χ0) is 13.4. The minimum absolute atomic E-state index is 0.451. The van der Waals surface area contributed by atoms with Crippen molar-refractivity contribution in [3.63, 3.8) is 0 Å². The van der Waals surface area contributed by atoms with Gasteiger partial charge in [0.05, 0.1) is 0 Å². The third kappa shape index (κ3) is 6.75. The molecule has 1 fully saturated rings. The maximum atomic E-state index is 3.74. The van der Waals surface area contributed by atoms with Crippen LogP contribution in [0.15, 0.2) is 0 Å². The number of hydrogen-bond donors (Lipinski definition) is 2. The van der Waals surface area contributed by atoms with E-state index in [0.29, 0.717) is 11.5 Å². The largest absolute Gasteiger partial charge is 0.314 e. The van der Waals surface area contributed by atoms with Gasteiger partial charge in [-0.1, -0.05) is 40.0 Å². The first-order valence-corrected chi connectivity index (χ1v) is 8.00. The van der Waals surface area contributed by atoms with E-state index in [9.17, 15) is 0 Å². The molecule has 0 amide bonds. The van der Waals surface area contributed by atoms with Gasteiger partial charge in [0.1, 0.15) is 0 Å². The van der Waals surface area contributed by atoms with Crippen molar-refractivity contribution in [2.75, 3.05) is 13.1 Å². The standard InChI is InChI=1S/C16H34N2/c1-5-6-7-10-16(3,4)13-18-14(2)12-15-9-8-11-17-15/h14-15,17-18H,5-13H2,1-4H3. The Morgan fingerprint density at radius 2 is 2.11 bits per heavy atom. The van der Waals surface area contributed by atoms with Gasteiger partial charge in [-0.15, -0.1) is 0 Å². The molecular formula is C16H34N2. The van der Waals surface area contributed by atoms with E-state index >= 15 is 0 Å². The number of rotatable bonds is 9. The van der Waals surface area contributed by atoms with E-state index < -0.39 is 0 Å². The predicted octanol–water partition coefficient (Wildman–Crippen LogP) is 3.71. The smallest absolute Gasteiger partial charge is 0.00822 e. The van der Waals surface area contributed by atoms with Crippen molar-refractivity contribution in [1.82, 2.24) is 10.6 Å². The van der Waals surface area contributed by atoms with Gasteiger partial charge >= 0.3 is 0 Å². The predicted molar refractivity (Wildman–Crippen MR) is 81.0 cm³/mol. The molecule has 0 aromatic carbocycles. The van der Waals surface area contributed by atoms with Gasteiger partial charge in [0, 0.05) is 18.6 Å². The fourth-order valence-corrected chi connectivity index (χ4v) is 2.86. The highest BCUT2D eigenvalue weighted by molar-refractivity contribution is 4.80. The van der Waals surface area contributed by atoms with Crippen molar-refractivity contribution < 1.29 is 0 Å². The third-order valence-electron chi connectivity index (χ3n) is 4.19. The van der Waals surface area contributed by atoms with Crippen LogP contribution in [0.1, 0.15) is 72.6 Å². The second-order valence-electron chi connectivity index (χ2n) is 6.93. The van der Waals surface area contributed by atoms with Crippen molar-refractivity contribution in [1.29, 1.82) is 0 Å². The van der Waals surface area contributed by atoms with Gasteiger partial charge in [-0.2, -0.15) is 0 Å². The highest BCUT2D eigenvalue weighted by Crippen LogP contribution is 2.23. The van der Waals surface area contributed by atoms with Crippen LogP contribution in [0.3, 0.4) is 0 Å². The Balaban J connectivity index is 2.13.